The van der Waals surface area contributed by atoms with Crippen molar-refractivity contribution < 1.29 is 4.42 Å². The van der Waals surface area contributed by atoms with Crippen molar-refractivity contribution in [2.45, 2.75) is 12.3 Å². The third-order valence-electron chi connectivity index (χ3n) is 7.43. The largest absolute Gasteiger partial charge is 0.454 e. The van der Waals surface area contributed by atoms with Gasteiger partial charge in [0.2, 0.25) is 0 Å². The molecule has 0 saturated carbocycles. The Morgan fingerprint density at radius 1 is 0.647 bits per heavy atom. The highest BCUT2D eigenvalue weighted by atomic mass is 35.5. The Morgan fingerprint density at radius 2 is 1.38 bits per heavy atom. The van der Waals surface area contributed by atoms with Crippen molar-refractivity contribution in [1.29, 1.82) is 0 Å². The van der Waals surface area contributed by atoms with Gasteiger partial charge in [0.15, 0.2) is 5.58 Å². The van der Waals surface area contributed by atoms with E-state index in [0.717, 1.165) is 21.9 Å². The fourth-order valence-corrected chi connectivity index (χ4v) is 6.06. The van der Waals surface area contributed by atoms with Gasteiger partial charge in [0.05, 0.1) is 5.02 Å². The topological polar surface area (TPSA) is 13.1 Å². The van der Waals surface area contributed by atoms with Crippen molar-refractivity contribution in [2.24, 2.45) is 0 Å². The monoisotopic (exact) mass is 456 g/mol. The first-order valence-corrected chi connectivity index (χ1v) is 11.9. The third kappa shape index (κ3) is 2.56. The first kappa shape index (κ1) is 19.6. The molecular formula is C32H21ClO. The molecule has 0 radical (unpaired) electrons. The molecule has 34 heavy (non-hydrogen) atoms. The van der Waals surface area contributed by atoms with E-state index in [-0.39, 0.29) is 5.41 Å². The Morgan fingerprint density at radius 3 is 2.26 bits per heavy atom. The number of hydrogen-bond donors (Lipinski definition) is 0. The van der Waals surface area contributed by atoms with Crippen LogP contribution in [0.2, 0.25) is 5.02 Å². The van der Waals surface area contributed by atoms with E-state index in [4.69, 9.17) is 16.0 Å². The summed E-state index contributed by atoms with van der Waals surface area (Å²) in [6.45, 7) is 2.36. The third-order valence-corrected chi connectivity index (χ3v) is 7.73. The van der Waals surface area contributed by atoms with Gasteiger partial charge in [-0.15, -0.1) is 0 Å². The van der Waals surface area contributed by atoms with Crippen LogP contribution in [0.3, 0.4) is 0 Å². The van der Waals surface area contributed by atoms with Crippen LogP contribution < -0.4 is 0 Å². The van der Waals surface area contributed by atoms with Gasteiger partial charge in [0, 0.05) is 16.2 Å². The molecular weight excluding hydrogens is 436 g/mol. The molecule has 0 spiro atoms. The van der Waals surface area contributed by atoms with Crippen molar-refractivity contribution in [3.8, 4) is 22.3 Å². The lowest BCUT2D eigenvalue weighted by molar-refractivity contribution is 0.669. The van der Waals surface area contributed by atoms with Crippen molar-refractivity contribution in [1.82, 2.24) is 0 Å². The second kappa shape index (κ2) is 7.09. The van der Waals surface area contributed by atoms with E-state index >= 15 is 0 Å². The number of furan rings is 1. The van der Waals surface area contributed by atoms with Crippen molar-refractivity contribution in [3.05, 3.63) is 131 Å². The Bertz CT molecular complexity index is 1730. The van der Waals surface area contributed by atoms with Crippen LogP contribution in [0.15, 0.2) is 114 Å². The molecule has 1 heterocycles. The maximum atomic E-state index is 6.43. The Hall–Kier alpha value is -3.81. The van der Waals surface area contributed by atoms with Crippen LogP contribution in [0.25, 0.3) is 44.2 Å². The molecule has 7 rings (SSSR count). The summed E-state index contributed by atoms with van der Waals surface area (Å²) >= 11 is 6.43. The van der Waals surface area contributed by atoms with E-state index in [0.29, 0.717) is 5.02 Å². The zero-order valence-corrected chi connectivity index (χ0v) is 19.4. The van der Waals surface area contributed by atoms with Crippen LogP contribution in [0.5, 0.6) is 0 Å². The molecule has 0 aliphatic heterocycles. The van der Waals surface area contributed by atoms with Crippen molar-refractivity contribution >= 4 is 33.5 Å². The molecule has 1 unspecified atom stereocenters. The SMILES string of the molecule is CC1(c2ccccc2)c2ccccc2-c2cccc(-c3ccc4oc5c(Cl)cccc5c4c3)c21. The molecule has 1 nitrogen and oxygen atoms in total. The van der Waals surface area contributed by atoms with Gasteiger partial charge < -0.3 is 4.42 Å². The summed E-state index contributed by atoms with van der Waals surface area (Å²) in [5, 5.41) is 2.78. The second-order valence-electron chi connectivity index (χ2n) is 9.19. The van der Waals surface area contributed by atoms with E-state index in [1.807, 2.05) is 12.1 Å². The molecule has 0 bridgehead atoms. The van der Waals surface area contributed by atoms with Crippen molar-refractivity contribution in [2.75, 3.05) is 0 Å². The van der Waals surface area contributed by atoms with E-state index in [9.17, 15) is 0 Å². The predicted molar refractivity (Wildman–Crippen MR) is 142 cm³/mol. The minimum absolute atomic E-state index is 0.249. The highest BCUT2D eigenvalue weighted by Gasteiger charge is 2.42. The Kier molecular flexibility index (Phi) is 4.10. The first-order valence-electron chi connectivity index (χ1n) is 11.6. The minimum Gasteiger partial charge on any atom is -0.454 e. The number of halogens is 1. The first-order chi connectivity index (χ1) is 16.7. The van der Waals surface area contributed by atoms with Crippen LogP contribution >= 0.6 is 11.6 Å². The number of rotatable bonds is 2. The fourth-order valence-electron chi connectivity index (χ4n) is 5.85. The standard InChI is InChI=1S/C32H21ClO/c1-32(21-9-3-2-4-10-21)27-15-6-5-11-23(27)24-13-7-12-22(30(24)32)20-17-18-29-26(19-20)25-14-8-16-28(33)31(25)34-29/h2-19H,1H3. The molecule has 1 atom stereocenters. The van der Waals surface area contributed by atoms with E-state index < -0.39 is 0 Å². The molecule has 0 saturated heterocycles. The number of fused-ring (bicyclic) bond motifs is 6. The molecule has 1 aliphatic carbocycles. The lowest BCUT2D eigenvalue weighted by Crippen LogP contribution is -2.23. The van der Waals surface area contributed by atoms with Crippen LogP contribution in [-0.2, 0) is 5.41 Å². The zero-order valence-electron chi connectivity index (χ0n) is 18.7. The normalized spacial score (nSPS) is 16.6. The molecule has 0 N–H and O–H groups in total. The Labute approximate surface area is 203 Å². The average molecular weight is 457 g/mol. The van der Waals surface area contributed by atoms with Crippen LogP contribution in [-0.4, -0.2) is 0 Å². The van der Waals surface area contributed by atoms with Gasteiger partial charge in [-0.05, 0) is 64.1 Å². The highest BCUT2D eigenvalue weighted by Crippen LogP contribution is 2.55. The van der Waals surface area contributed by atoms with Crippen molar-refractivity contribution in [3.63, 3.8) is 0 Å². The lowest BCUT2D eigenvalue weighted by atomic mass is 9.72. The maximum absolute atomic E-state index is 6.43. The predicted octanol–water partition coefficient (Wildman–Crippen LogP) is 9.24. The summed E-state index contributed by atoms with van der Waals surface area (Å²) < 4.78 is 6.10. The van der Waals surface area contributed by atoms with Crippen LogP contribution in [0, 0.1) is 0 Å². The summed E-state index contributed by atoms with van der Waals surface area (Å²) in [7, 11) is 0. The van der Waals surface area contributed by atoms with Gasteiger partial charge >= 0.3 is 0 Å². The summed E-state index contributed by atoms with van der Waals surface area (Å²) in [6, 6.07) is 38.8. The molecule has 162 valence electrons. The highest BCUT2D eigenvalue weighted by molar-refractivity contribution is 6.35. The number of para-hydroxylation sites is 1. The molecule has 1 aliphatic rings. The van der Waals surface area contributed by atoms with Gasteiger partial charge in [0.25, 0.3) is 0 Å². The summed E-state index contributed by atoms with van der Waals surface area (Å²) in [5.41, 5.74) is 10.4. The summed E-state index contributed by atoms with van der Waals surface area (Å²) in [5.74, 6) is 0. The quantitative estimate of drug-likeness (QED) is 0.253. The molecule has 1 aromatic heterocycles. The average Bonchev–Trinajstić information content (AvgIpc) is 3.40. The maximum Gasteiger partial charge on any atom is 0.153 e. The zero-order chi connectivity index (χ0) is 22.9. The molecule has 0 amide bonds. The van der Waals surface area contributed by atoms with Gasteiger partial charge in [-0.3, -0.25) is 0 Å². The van der Waals surface area contributed by atoms with Gasteiger partial charge in [-0.1, -0.05) is 103 Å². The molecule has 0 fully saturated rings. The fraction of sp³-hybridized carbons (Fsp3) is 0.0625. The van der Waals surface area contributed by atoms with Crippen LogP contribution in [0.4, 0.5) is 0 Å². The van der Waals surface area contributed by atoms with Gasteiger partial charge in [-0.25, -0.2) is 0 Å². The number of hydrogen-bond acceptors (Lipinski definition) is 1. The van der Waals surface area contributed by atoms with E-state index in [2.05, 4.69) is 104 Å². The number of benzene rings is 5. The summed E-state index contributed by atoms with van der Waals surface area (Å²) in [6.07, 6.45) is 0. The van der Waals surface area contributed by atoms with Gasteiger partial charge in [-0.2, -0.15) is 0 Å². The smallest absolute Gasteiger partial charge is 0.153 e. The second-order valence-corrected chi connectivity index (χ2v) is 9.60. The van der Waals surface area contributed by atoms with Gasteiger partial charge in [0.1, 0.15) is 5.58 Å². The van der Waals surface area contributed by atoms with E-state index in [1.54, 1.807) is 0 Å². The molecule has 5 aromatic carbocycles. The Balaban J connectivity index is 1.54. The lowest BCUT2D eigenvalue weighted by Gasteiger charge is -2.30. The van der Waals surface area contributed by atoms with Crippen LogP contribution in [0.1, 0.15) is 23.6 Å². The van der Waals surface area contributed by atoms with E-state index in [1.165, 1.54) is 38.9 Å². The molecule has 6 aromatic rings. The minimum atomic E-state index is -0.249. The summed E-state index contributed by atoms with van der Waals surface area (Å²) in [4.78, 5) is 0. The molecule has 2 heteroatoms.